The second-order valence-electron chi connectivity index (χ2n) is 9.07. The van der Waals surface area contributed by atoms with Gasteiger partial charge in [0.05, 0.1) is 16.7 Å². The maximum absolute atomic E-state index is 8.83. The molecule has 1 fully saturated rings. The van der Waals surface area contributed by atoms with Crippen LogP contribution < -0.4 is 10.8 Å². The van der Waals surface area contributed by atoms with Crippen molar-refractivity contribution in [1.29, 1.82) is 10.8 Å². The molecule has 2 heterocycles. The van der Waals surface area contributed by atoms with Gasteiger partial charge in [0.1, 0.15) is 5.84 Å². The fourth-order valence-electron chi connectivity index (χ4n) is 4.85. The van der Waals surface area contributed by atoms with Gasteiger partial charge in [-0.15, -0.1) is 0 Å². The Morgan fingerprint density at radius 1 is 1.06 bits per heavy atom. The van der Waals surface area contributed by atoms with Crippen molar-refractivity contribution in [1.82, 2.24) is 14.0 Å². The van der Waals surface area contributed by atoms with Crippen LogP contribution in [0.3, 0.4) is 0 Å². The van der Waals surface area contributed by atoms with E-state index in [4.69, 9.17) is 10.8 Å². The van der Waals surface area contributed by atoms with E-state index in [1.165, 1.54) is 18.4 Å². The Labute approximate surface area is 184 Å². The topological polar surface area (TPSA) is 72.8 Å². The smallest absolute Gasteiger partial charge is 0.154 e. The first-order chi connectivity index (χ1) is 14.8. The van der Waals surface area contributed by atoms with Crippen LogP contribution in [-0.4, -0.2) is 46.0 Å². The number of aryl methyl sites for hydroxylation is 1. The van der Waals surface area contributed by atoms with E-state index in [1.807, 2.05) is 6.07 Å². The lowest BCUT2D eigenvalue weighted by atomic mass is 9.90. The Kier molecular flexibility index (Phi) is 6.01. The van der Waals surface area contributed by atoms with Crippen LogP contribution in [0.4, 0.5) is 5.69 Å². The molecular formula is C25H34N6. The second-order valence-corrected chi connectivity index (χ2v) is 9.07. The predicted molar refractivity (Wildman–Crippen MR) is 128 cm³/mol. The van der Waals surface area contributed by atoms with Gasteiger partial charge in [0.25, 0.3) is 0 Å². The Balaban J connectivity index is 1.72. The minimum absolute atomic E-state index is 0.367. The van der Waals surface area contributed by atoms with Crippen molar-refractivity contribution < 1.29 is 0 Å². The number of pyridine rings is 1. The molecule has 31 heavy (non-hydrogen) atoms. The fourth-order valence-corrected chi connectivity index (χ4v) is 4.85. The average Bonchev–Trinajstić information content (AvgIpc) is 3.04. The normalized spacial score (nSPS) is 19.1. The third-order valence-corrected chi connectivity index (χ3v) is 6.63. The lowest BCUT2D eigenvalue weighted by molar-refractivity contribution is 0.221. The minimum Gasteiger partial charge on any atom is -0.379 e. The van der Waals surface area contributed by atoms with E-state index in [0.717, 1.165) is 41.8 Å². The van der Waals surface area contributed by atoms with Gasteiger partial charge in [-0.3, -0.25) is 15.4 Å². The third-order valence-electron chi connectivity index (χ3n) is 6.63. The molecule has 6 nitrogen and oxygen atoms in total. The molecule has 1 saturated carbocycles. The van der Waals surface area contributed by atoms with E-state index < -0.39 is 0 Å². The van der Waals surface area contributed by atoms with Crippen LogP contribution in [0.15, 0.2) is 42.5 Å². The summed E-state index contributed by atoms with van der Waals surface area (Å²) in [5.41, 5.74) is 5.55. The number of nitrogens with zero attached hydrogens (tertiary/aromatic N) is 3. The van der Waals surface area contributed by atoms with Crippen molar-refractivity contribution in [3.8, 4) is 0 Å². The van der Waals surface area contributed by atoms with Crippen LogP contribution in [0.2, 0.25) is 0 Å². The molecule has 2 aromatic heterocycles. The zero-order chi connectivity index (χ0) is 22.1. The van der Waals surface area contributed by atoms with E-state index in [9.17, 15) is 0 Å². The van der Waals surface area contributed by atoms with Crippen molar-refractivity contribution in [3.63, 3.8) is 0 Å². The summed E-state index contributed by atoms with van der Waals surface area (Å²) in [6.07, 6.45) is 4.56. The van der Waals surface area contributed by atoms with Gasteiger partial charge in [-0.2, -0.15) is 0 Å². The number of fused-ring (bicyclic) bond motifs is 1. The second kappa shape index (κ2) is 8.71. The van der Waals surface area contributed by atoms with Crippen LogP contribution in [0.1, 0.15) is 43.9 Å². The molecule has 0 aliphatic heterocycles. The summed E-state index contributed by atoms with van der Waals surface area (Å²) < 4.78 is 4.05. The van der Waals surface area contributed by atoms with E-state index >= 15 is 0 Å². The molecule has 0 radical (unpaired) electrons. The Morgan fingerprint density at radius 2 is 1.74 bits per heavy atom. The van der Waals surface area contributed by atoms with Gasteiger partial charge in [0.15, 0.2) is 5.49 Å². The maximum atomic E-state index is 8.83. The summed E-state index contributed by atoms with van der Waals surface area (Å²) in [6, 6.07) is 15.7. The van der Waals surface area contributed by atoms with Crippen LogP contribution >= 0.6 is 0 Å². The summed E-state index contributed by atoms with van der Waals surface area (Å²) in [7, 11) is 4.32. The van der Waals surface area contributed by atoms with Crippen molar-refractivity contribution in [2.45, 2.75) is 58.2 Å². The van der Waals surface area contributed by atoms with Crippen molar-refractivity contribution in [2.24, 2.45) is 0 Å². The van der Waals surface area contributed by atoms with Crippen molar-refractivity contribution >= 4 is 22.6 Å². The predicted octanol–water partition coefficient (Wildman–Crippen LogP) is 4.41. The number of nitrogens with one attached hydrogen (secondary N) is 3. The number of hydrogen-bond donors (Lipinski definition) is 3. The van der Waals surface area contributed by atoms with Crippen LogP contribution in [0, 0.1) is 17.7 Å². The van der Waals surface area contributed by atoms with Gasteiger partial charge >= 0.3 is 0 Å². The van der Waals surface area contributed by atoms with Gasteiger partial charge in [0, 0.05) is 24.3 Å². The first kappa shape index (κ1) is 21.4. The molecule has 0 bridgehead atoms. The summed E-state index contributed by atoms with van der Waals surface area (Å²) >= 11 is 0. The van der Waals surface area contributed by atoms with E-state index in [2.05, 4.69) is 72.2 Å². The standard InChI is InChI=1S/C25H34N6/c1-17-14-24-23(30(17)16-19-8-6-5-7-9-19)15-22(25(27)31(24)18(2)26)28-20-10-12-21(13-11-20)29(3)4/h5-9,14-15,20-21,26-28H,10-13,16H2,1-4H3/t20-,21+. The third kappa shape index (κ3) is 4.30. The molecule has 3 N–H and O–H groups in total. The first-order valence-electron chi connectivity index (χ1n) is 11.2. The Bertz CT molecular complexity index is 1130. The zero-order valence-corrected chi connectivity index (χ0v) is 19.1. The largest absolute Gasteiger partial charge is 0.379 e. The zero-order valence-electron chi connectivity index (χ0n) is 19.1. The molecule has 0 atom stereocenters. The van der Waals surface area contributed by atoms with Gasteiger partial charge in [-0.1, -0.05) is 30.3 Å². The molecule has 0 unspecified atom stereocenters. The monoisotopic (exact) mass is 418 g/mol. The molecule has 1 aliphatic carbocycles. The van der Waals surface area contributed by atoms with Gasteiger partial charge in [-0.05, 0) is 71.3 Å². The highest BCUT2D eigenvalue weighted by Crippen LogP contribution is 2.26. The molecule has 6 heteroatoms. The summed E-state index contributed by atoms with van der Waals surface area (Å²) in [5.74, 6) is 0.367. The lowest BCUT2D eigenvalue weighted by Gasteiger charge is -2.33. The molecule has 1 aliphatic rings. The van der Waals surface area contributed by atoms with E-state index in [0.29, 0.717) is 23.4 Å². The number of rotatable bonds is 5. The number of benzene rings is 1. The first-order valence-corrected chi connectivity index (χ1v) is 11.2. The molecule has 0 amide bonds. The number of aromatic nitrogens is 2. The van der Waals surface area contributed by atoms with Gasteiger partial charge < -0.3 is 14.8 Å². The number of anilines is 1. The molecular weight excluding hydrogens is 384 g/mol. The van der Waals surface area contributed by atoms with Crippen molar-refractivity contribution in [2.75, 3.05) is 19.4 Å². The van der Waals surface area contributed by atoms with Gasteiger partial charge in [-0.25, -0.2) is 0 Å². The highest BCUT2D eigenvalue weighted by molar-refractivity contribution is 5.92. The maximum Gasteiger partial charge on any atom is 0.154 e. The molecule has 0 saturated heterocycles. The highest BCUT2D eigenvalue weighted by atomic mass is 15.1. The molecule has 4 rings (SSSR count). The molecule has 3 aromatic rings. The molecule has 0 spiro atoms. The van der Waals surface area contributed by atoms with Crippen LogP contribution in [-0.2, 0) is 6.54 Å². The lowest BCUT2D eigenvalue weighted by Crippen LogP contribution is -2.37. The quantitative estimate of drug-likeness (QED) is 0.424. The average molecular weight is 419 g/mol. The molecule has 164 valence electrons. The summed E-state index contributed by atoms with van der Waals surface area (Å²) in [4.78, 5) is 2.32. The minimum atomic E-state index is 0.367. The Hall–Kier alpha value is -2.86. The van der Waals surface area contributed by atoms with E-state index in [1.54, 1.807) is 11.5 Å². The van der Waals surface area contributed by atoms with Gasteiger partial charge in [0.2, 0.25) is 0 Å². The highest BCUT2D eigenvalue weighted by Gasteiger charge is 2.23. The summed E-state index contributed by atoms with van der Waals surface area (Å²) in [6.45, 7) is 4.64. The van der Waals surface area contributed by atoms with Crippen molar-refractivity contribution in [3.05, 3.63) is 59.2 Å². The van der Waals surface area contributed by atoms with E-state index in [-0.39, 0.29) is 0 Å². The van der Waals surface area contributed by atoms with Crippen LogP contribution in [0.25, 0.3) is 11.0 Å². The number of hydrogen-bond acceptors (Lipinski definition) is 4. The fraction of sp³-hybridized carbons (Fsp3) is 0.440. The van der Waals surface area contributed by atoms with Crippen LogP contribution in [0.5, 0.6) is 0 Å². The SMILES string of the molecule is CC(=N)n1c(=N)c(N[C@H]2CC[C@@H](N(C)C)CC2)cc2c1cc(C)n2Cc1ccccc1. The Morgan fingerprint density at radius 3 is 2.35 bits per heavy atom. The summed E-state index contributed by atoms with van der Waals surface area (Å²) in [5, 5.41) is 20.8. The molecule has 1 aromatic carbocycles.